The summed E-state index contributed by atoms with van der Waals surface area (Å²) in [4.78, 5) is 5.91. The summed E-state index contributed by atoms with van der Waals surface area (Å²) in [5.74, 6) is 0.165. The summed E-state index contributed by atoms with van der Waals surface area (Å²) in [6.07, 6.45) is 0. The van der Waals surface area contributed by atoms with E-state index in [2.05, 4.69) is 20.9 Å². The molecule has 1 aliphatic heterocycles. The Morgan fingerprint density at radius 2 is 1.88 bits per heavy atom. The van der Waals surface area contributed by atoms with Crippen molar-refractivity contribution in [2.45, 2.75) is 31.7 Å². The van der Waals surface area contributed by atoms with Gasteiger partial charge in [0.15, 0.2) is 0 Å². The Labute approximate surface area is 196 Å². The molecule has 9 nitrogen and oxygen atoms in total. The molecule has 0 spiro atoms. The van der Waals surface area contributed by atoms with Crippen LogP contribution in [0, 0.1) is 22.7 Å². The summed E-state index contributed by atoms with van der Waals surface area (Å²) in [6, 6.07) is 16.7. The van der Waals surface area contributed by atoms with Crippen LogP contribution in [0.25, 0.3) is 0 Å². The number of benzene rings is 2. The van der Waals surface area contributed by atoms with Gasteiger partial charge in [-0.05, 0) is 42.3 Å². The van der Waals surface area contributed by atoms with Crippen LogP contribution in [-0.2, 0) is 16.7 Å². The molecule has 0 aliphatic carbocycles. The lowest BCUT2D eigenvalue weighted by Crippen LogP contribution is -2.31. The third kappa shape index (κ3) is 3.92. The van der Waals surface area contributed by atoms with Gasteiger partial charge in [-0.1, -0.05) is 31.2 Å². The highest BCUT2D eigenvalue weighted by Crippen LogP contribution is 2.42. The molecule has 1 aromatic heterocycles. The largest absolute Gasteiger partial charge is 0.284 e. The Morgan fingerprint density at radius 1 is 1.15 bits per heavy atom. The van der Waals surface area contributed by atoms with E-state index in [-0.39, 0.29) is 12.5 Å². The summed E-state index contributed by atoms with van der Waals surface area (Å²) in [5.41, 5.74) is 2.81. The number of hydrogen-bond donors (Lipinski definition) is 1. The van der Waals surface area contributed by atoms with Gasteiger partial charge in [-0.2, -0.15) is 15.5 Å². The Balaban J connectivity index is 1.99. The third-order valence-electron chi connectivity index (χ3n) is 5.41. The van der Waals surface area contributed by atoms with Crippen molar-refractivity contribution in [2.24, 2.45) is 0 Å². The highest BCUT2D eigenvalue weighted by molar-refractivity contribution is 7.89. The number of aromatic nitrogens is 3. The lowest BCUT2D eigenvalue weighted by Gasteiger charge is -2.34. The zero-order chi connectivity index (χ0) is 24.5. The van der Waals surface area contributed by atoms with E-state index in [1.54, 1.807) is 67.3 Å². The molecular weight excluding hydrogens is 457 g/mol. The van der Waals surface area contributed by atoms with Gasteiger partial charge in [0, 0.05) is 17.9 Å². The van der Waals surface area contributed by atoms with Gasteiger partial charge in [-0.15, -0.1) is 5.10 Å². The molecule has 0 amide bonds. The molecule has 2 heterocycles. The molecule has 4 rings (SSSR count). The van der Waals surface area contributed by atoms with E-state index < -0.39 is 27.9 Å². The Hall–Kier alpha value is -4.06. The van der Waals surface area contributed by atoms with E-state index in [1.807, 2.05) is 6.07 Å². The lowest BCUT2D eigenvalue weighted by atomic mass is 9.95. The van der Waals surface area contributed by atoms with E-state index in [9.17, 15) is 18.1 Å². The molecule has 34 heavy (non-hydrogen) atoms. The quantitative estimate of drug-likeness (QED) is 0.576. The zero-order valence-corrected chi connectivity index (χ0v) is 19.2. The number of nitriles is 2. The minimum Gasteiger partial charge on any atom is -0.282 e. The van der Waals surface area contributed by atoms with Crippen LogP contribution >= 0.6 is 0 Å². The monoisotopic (exact) mass is 477 g/mol. The van der Waals surface area contributed by atoms with Crippen molar-refractivity contribution in [3.63, 3.8) is 0 Å². The summed E-state index contributed by atoms with van der Waals surface area (Å²) < 4.78 is 42.6. The Morgan fingerprint density at radius 3 is 2.50 bits per heavy atom. The molecule has 1 N–H and O–H groups in total. The van der Waals surface area contributed by atoms with E-state index in [0.29, 0.717) is 33.6 Å². The Kier molecular flexibility index (Phi) is 6.16. The average molecular weight is 478 g/mol. The number of allylic oxidation sites excluding steroid dienone is 2. The van der Waals surface area contributed by atoms with Crippen molar-refractivity contribution < 1.29 is 12.8 Å². The van der Waals surface area contributed by atoms with E-state index in [1.165, 1.54) is 4.68 Å². The van der Waals surface area contributed by atoms with Gasteiger partial charge in [0.1, 0.15) is 12.7 Å². The first-order chi connectivity index (χ1) is 16.3. The summed E-state index contributed by atoms with van der Waals surface area (Å²) in [5, 5.41) is 23.1. The second kappa shape index (κ2) is 9.06. The van der Waals surface area contributed by atoms with Crippen LogP contribution in [0.2, 0.25) is 0 Å². The van der Waals surface area contributed by atoms with Crippen molar-refractivity contribution in [3.8, 4) is 12.1 Å². The van der Waals surface area contributed by atoms with Gasteiger partial charge in [-0.3, -0.25) is 4.90 Å². The standard InChI is InChI=1S/C23H20FN7O2S/c1-3-27-34(32,33)22-28-23-30(19-6-4-5-17(11-19)12-24)15(2)20(14-26)21(31(23)29-22)18-9-7-16(13-25)8-10-18/h4-11,21,27H,3,12H2,1-2H3/t21-/m1/s1. The minimum absolute atomic E-state index is 0.147. The lowest BCUT2D eigenvalue weighted by molar-refractivity contribution is 0.485. The van der Waals surface area contributed by atoms with Crippen LogP contribution in [0.5, 0.6) is 0 Å². The first-order valence-electron chi connectivity index (χ1n) is 10.4. The van der Waals surface area contributed by atoms with Crippen LogP contribution in [0.1, 0.15) is 36.6 Å². The van der Waals surface area contributed by atoms with Gasteiger partial charge >= 0.3 is 0 Å². The van der Waals surface area contributed by atoms with Crippen LogP contribution < -0.4 is 9.62 Å². The molecule has 172 valence electrons. The van der Waals surface area contributed by atoms with Crippen molar-refractivity contribution in [3.05, 3.63) is 76.5 Å². The second-order valence-electron chi connectivity index (χ2n) is 7.53. The maximum absolute atomic E-state index is 13.4. The number of anilines is 2. The highest BCUT2D eigenvalue weighted by atomic mass is 32.2. The van der Waals surface area contributed by atoms with Crippen molar-refractivity contribution >= 4 is 21.7 Å². The van der Waals surface area contributed by atoms with Crippen molar-refractivity contribution in [1.82, 2.24) is 19.5 Å². The van der Waals surface area contributed by atoms with Crippen LogP contribution in [0.4, 0.5) is 16.0 Å². The fraction of sp³-hybridized carbons (Fsp3) is 0.217. The van der Waals surface area contributed by atoms with Gasteiger partial charge in [0.2, 0.25) is 5.95 Å². The Bertz CT molecular complexity index is 1460. The first kappa shape index (κ1) is 23.1. The molecule has 2 aromatic carbocycles. The molecule has 0 bridgehead atoms. The first-order valence-corrected chi connectivity index (χ1v) is 11.8. The summed E-state index contributed by atoms with van der Waals surface area (Å²) >= 11 is 0. The van der Waals surface area contributed by atoms with Gasteiger partial charge in [0.05, 0.1) is 23.3 Å². The third-order valence-corrected chi connectivity index (χ3v) is 6.73. The zero-order valence-electron chi connectivity index (χ0n) is 18.4. The van der Waals surface area contributed by atoms with E-state index in [0.717, 1.165) is 0 Å². The number of alkyl halides is 1. The number of sulfonamides is 1. The molecule has 3 aromatic rings. The SMILES string of the molecule is CCNS(=O)(=O)c1nc2n(n1)[C@H](c1ccc(C#N)cc1)C(C#N)=C(C)N2c1cccc(CF)c1. The molecule has 0 saturated carbocycles. The average Bonchev–Trinajstić information content (AvgIpc) is 3.29. The van der Waals surface area contributed by atoms with Gasteiger partial charge < -0.3 is 0 Å². The van der Waals surface area contributed by atoms with Crippen LogP contribution in [0.3, 0.4) is 0 Å². The van der Waals surface area contributed by atoms with Crippen molar-refractivity contribution in [2.75, 3.05) is 11.4 Å². The molecule has 1 atom stereocenters. The smallest absolute Gasteiger partial charge is 0.282 e. The maximum Gasteiger partial charge on any atom is 0.284 e. The second-order valence-corrected chi connectivity index (χ2v) is 9.19. The van der Waals surface area contributed by atoms with Crippen LogP contribution in [-0.4, -0.2) is 29.7 Å². The molecule has 0 fully saturated rings. The molecule has 1 aliphatic rings. The van der Waals surface area contributed by atoms with Gasteiger partial charge in [0.25, 0.3) is 15.2 Å². The molecular formula is C23H20FN7O2S. The predicted octanol–water partition coefficient (Wildman–Crippen LogP) is 3.46. The number of nitrogens with one attached hydrogen (secondary N) is 1. The molecule has 0 saturated heterocycles. The maximum atomic E-state index is 13.4. The number of nitrogens with zero attached hydrogens (tertiary/aromatic N) is 6. The number of rotatable bonds is 6. The molecule has 0 radical (unpaired) electrons. The number of halogens is 1. The van der Waals surface area contributed by atoms with Crippen molar-refractivity contribution in [1.29, 1.82) is 10.5 Å². The fourth-order valence-corrected chi connectivity index (χ4v) is 4.76. The topological polar surface area (TPSA) is 128 Å². The van der Waals surface area contributed by atoms with Crippen LogP contribution in [0.15, 0.2) is 65.0 Å². The molecule has 0 unspecified atom stereocenters. The van der Waals surface area contributed by atoms with Gasteiger partial charge in [-0.25, -0.2) is 22.2 Å². The predicted molar refractivity (Wildman–Crippen MR) is 122 cm³/mol. The number of fused-ring (bicyclic) bond motifs is 1. The normalized spacial score (nSPS) is 15.6. The highest BCUT2D eigenvalue weighted by Gasteiger charge is 2.37. The fourth-order valence-electron chi connectivity index (χ4n) is 3.86. The van der Waals surface area contributed by atoms with E-state index in [4.69, 9.17) is 5.26 Å². The summed E-state index contributed by atoms with van der Waals surface area (Å²) in [6.45, 7) is 2.82. The van der Waals surface area contributed by atoms with E-state index >= 15 is 0 Å². The minimum atomic E-state index is -4.01. The molecule has 11 heteroatoms. The number of hydrogen-bond acceptors (Lipinski definition) is 7. The summed E-state index contributed by atoms with van der Waals surface area (Å²) in [7, 11) is -4.01.